The molecule has 1 saturated heterocycles. The van der Waals surface area contributed by atoms with Crippen molar-refractivity contribution in [2.45, 2.75) is 48.3 Å². The van der Waals surface area contributed by atoms with E-state index in [9.17, 15) is 17.6 Å². The lowest BCUT2D eigenvalue weighted by Crippen LogP contribution is -2.48. The normalized spacial score (nSPS) is 24.4. The van der Waals surface area contributed by atoms with Gasteiger partial charge in [0, 0.05) is 29.3 Å². The van der Waals surface area contributed by atoms with Crippen LogP contribution in [0.15, 0.2) is 52.3 Å². The second kappa shape index (κ2) is 8.90. The van der Waals surface area contributed by atoms with Gasteiger partial charge in [0.1, 0.15) is 5.82 Å². The highest BCUT2D eigenvalue weighted by atomic mass is 32.2. The third kappa shape index (κ3) is 4.64. The number of carbonyl (C=O) groups excluding carboxylic acids is 1. The van der Waals surface area contributed by atoms with Gasteiger partial charge in [0.05, 0.1) is 23.1 Å². The van der Waals surface area contributed by atoms with Gasteiger partial charge in [-0.15, -0.1) is 11.8 Å². The van der Waals surface area contributed by atoms with E-state index in [1.165, 1.54) is 46.4 Å². The quantitative estimate of drug-likeness (QED) is 0.749. The molecule has 31 heavy (non-hydrogen) atoms. The molecule has 2 aliphatic rings. The lowest BCUT2D eigenvalue weighted by molar-refractivity contribution is -0.0440. The van der Waals surface area contributed by atoms with Gasteiger partial charge >= 0.3 is 0 Å². The van der Waals surface area contributed by atoms with Crippen LogP contribution in [-0.4, -0.2) is 49.7 Å². The van der Waals surface area contributed by atoms with Crippen molar-refractivity contribution in [3.05, 3.63) is 59.4 Å². The summed E-state index contributed by atoms with van der Waals surface area (Å²) in [5.74, 6) is 0.124. The van der Waals surface area contributed by atoms with Crippen molar-refractivity contribution in [2.24, 2.45) is 0 Å². The number of ether oxygens (including phenoxy) is 1. The first kappa shape index (κ1) is 22.3. The van der Waals surface area contributed by atoms with E-state index in [0.717, 1.165) is 5.56 Å². The zero-order valence-electron chi connectivity index (χ0n) is 17.4. The number of carbonyl (C=O) groups is 1. The first-order valence-electron chi connectivity index (χ1n) is 10.2. The predicted molar refractivity (Wildman–Crippen MR) is 117 cm³/mol. The van der Waals surface area contributed by atoms with Crippen molar-refractivity contribution in [1.29, 1.82) is 0 Å². The monoisotopic (exact) mass is 464 g/mol. The molecule has 2 aromatic rings. The van der Waals surface area contributed by atoms with Crippen molar-refractivity contribution in [3.63, 3.8) is 0 Å². The summed E-state index contributed by atoms with van der Waals surface area (Å²) < 4.78 is 47.1. The molecule has 3 atom stereocenters. The van der Waals surface area contributed by atoms with Crippen molar-refractivity contribution in [2.75, 3.05) is 18.8 Å². The molecule has 0 radical (unpaired) electrons. The Kier molecular flexibility index (Phi) is 6.39. The number of rotatable bonds is 4. The number of sulfonamides is 1. The molecule has 1 fully saturated rings. The Morgan fingerprint density at radius 3 is 2.48 bits per heavy atom. The van der Waals surface area contributed by atoms with Gasteiger partial charge in [0.15, 0.2) is 0 Å². The number of hydrogen-bond donors (Lipinski definition) is 1. The minimum atomic E-state index is -3.67. The second-order valence-corrected chi connectivity index (χ2v) is 11.0. The van der Waals surface area contributed by atoms with E-state index >= 15 is 0 Å². The molecule has 9 heteroatoms. The van der Waals surface area contributed by atoms with E-state index in [2.05, 4.69) is 5.32 Å². The molecule has 1 N–H and O–H groups in total. The maximum Gasteiger partial charge on any atom is 0.251 e. The van der Waals surface area contributed by atoms with E-state index in [-0.39, 0.29) is 34.9 Å². The topological polar surface area (TPSA) is 75.7 Å². The molecule has 0 spiro atoms. The summed E-state index contributed by atoms with van der Waals surface area (Å²) >= 11 is 1.45. The fraction of sp³-hybridized carbons (Fsp3) is 0.409. The maximum absolute atomic E-state index is 14.1. The minimum absolute atomic E-state index is 0.145. The van der Waals surface area contributed by atoms with Crippen LogP contribution in [0.3, 0.4) is 0 Å². The Labute approximate surface area is 186 Å². The molecule has 2 heterocycles. The van der Waals surface area contributed by atoms with Gasteiger partial charge in [-0.3, -0.25) is 4.79 Å². The summed E-state index contributed by atoms with van der Waals surface area (Å²) in [5, 5.41) is 2.96. The van der Waals surface area contributed by atoms with Gasteiger partial charge in [-0.2, -0.15) is 4.31 Å². The number of benzene rings is 2. The fourth-order valence-corrected chi connectivity index (χ4v) is 6.76. The van der Waals surface area contributed by atoms with Crippen LogP contribution in [0.25, 0.3) is 0 Å². The summed E-state index contributed by atoms with van der Waals surface area (Å²) in [5.41, 5.74) is 1.14. The van der Waals surface area contributed by atoms with Gasteiger partial charge in [-0.05, 0) is 56.2 Å². The summed E-state index contributed by atoms with van der Waals surface area (Å²) in [6, 6.07) is 10.6. The first-order valence-corrected chi connectivity index (χ1v) is 12.7. The number of thioether (sulfide) groups is 1. The molecule has 6 nitrogen and oxygen atoms in total. The third-order valence-corrected chi connectivity index (χ3v) is 8.48. The highest BCUT2D eigenvalue weighted by Gasteiger charge is 2.32. The molecule has 0 bridgehead atoms. The lowest BCUT2D eigenvalue weighted by atomic mass is 10.0. The smallest absolute Gasteiger partial charge is 0.251 e. The standard InChI is InChI=1S/C22H25FN2O4S2/c1-14-12-25(13-15(2)29-14)31(27,28)17-8-6-16(7-9-17)22(26)24-20-10-11-30-21-18(20)4-3-5-19(21)23/h3-9,14-15,20H,10-13H2,1-2H3,(H,24,26)/t14-,15+,20-/m0/s1. The van der Waals surface area contributed by atoms with Crippen LogP contribution in [-0.2, 0) is 14.8 Å². The van der Waals surface area contributed by atoms with Gasteiger partial charge in [-0.1, -0.05) is 12.1 Å². The highest BCUT2D eigenvalue weighted by Crippen LogP contribution is 2.37. The molecule has 0 aliphatic carbocycles. The van der Waals surface area contributed by atoms with E-state index in [4.69, 9.17) is 4.74 Å². The average Bonchev–Trinajstić information content (AvgIpc) is 2.74. The number of nitrogens with one attached hydrogen (secondary N) is 1. The Morgan fingerprint density at radius 1 is 1.13 bits per heavy atom. The molecule has 0 aromatic heterocycles. The number of hydrogen-bond acceptors (Lipinski definition) is 5. The van der Waals surface area contributed by atoms with Crippen LogP contribution < -0.4 is 5.32 Å². The number of amides is 1. The van der Waals surface area contributed by atoms with Crippen molar-refractivity contribution < 1.29 is 22.3 Å². The summed E-state index contributed by atoms with van der Waals surface area (Å²) in [6.45, 7) is 4.29. The molecule has 0 unspecified atom stereocenters. The molecular formula is C22H25FN2O4S2. The minimum Gasteiger partial charge on any atom is -0.373 e. The van der Waals surface area contributed by atoms with Gasteiger partial charge in [0.2, 0.25) is 10.0 Å². The maximum atomic E-state index is 14.1. The Bertz CT molecular complexity index is 1070. The Hall–Kier alpha value is -1.94. The van der Waals surface area contributed by atoms with Crippen LogP contribution in [0.4, 0.5) is 4.39 Å². The van der Waals surface area contributed by atoms with Crippen LogP contribution in [0.5, 0.6) is 0 Å². The fourth-order valence-electron chi connectivity index (χ4n) is 4.03. The summed E-state index contributed by atoms with van der Waals surface area (Å²) in [4.78, 5) is 13.5. The predicted octanol–water partition coefficient (Wildman–Crippen LogP) is 3.59. The van der Waals surface area contributed by atoms with Gasteiger partial charge in [-0.25, -0.2) is 12.8 Å². The molecule has 166 valence electrons. The van der Waals surface area contributed by atoms with Gasteiger partial charge < -0.3 is 10.1 Å². The van der Waals surface area contributed by atoms with Crippen LogP contribution in [0.2, 0.25) is 0 Å². The van der Waals surface area contributed by atoms with Crippen LogP contribution in [0, 0.1) is 5.82 Å². The number of halogens is 1. The Balaban J connectivity index is 1.49. The van der Waals surface area contributed by atoms with Crippen molar-refractivity contribution >= 4 is 27.7 Å². The molecule has 1 amide bonds. The first-order chi connectivity index (χ1) is 14.8. The van der Waals surface area contributed by atoms with E-state index in [1.54, 1.807) is 6.07 Å². The van der Waals surface area contributed by atoms with Crippen molar-refractivity contribution in [3.8, 4) is 0 Å². The SMILES string of the molecule is C[C@@H]1CN(S(=O)(=O)c2ccc(C(=O)N[C@H]3CCSc4c(F)cccc43)cc2)C[C@H](C)O1. The van der Waals surface area contributed by atoms with Gasteiger partial charge in [0.25, 0.3) is 5.91 Å². The Morgan fingerprint density at radius 2 is 1.81 bits per heavy atom. The molecular weight excluding hydrogens is 439 g/mol. The number of nitrogens with zero attached hydrogens (tertiary/aromatic N) is 1. The zero-order valence-corrected chi connectivity index (χ0v) is 19.0. The average molecular weight is 465 g/mol. The summed E-state index contributed by atoms with van der Waals surface area (Å²) in [6.07, 6.45) is 0.349. The van der Waals surface area contributed by atoms with Crippen molar-refractivity contribution in [1.82, 2.24) is 9.62 Å². The van der Waals surface area contributed by atoms with E-state index < -0.39 is 10.0 Å². The van der Waals surface area contributed by atoms with Crippen LogP contribution in [0.1, 0.15) is 42.2 Å². The highest BCUT2D eigenvalue weighted by molar-refractivity contribution is 7.99. The number of fused-ring (bicyclic) bond motifs is 1. The lowest BCUT2D eigenvalue weighted by Gasteiger charge is -2.34. The zero-order chi connectivity index (χ0) is 22.2. The largest absolute Gasteiger partial charge is 0.373 e. The van der Waals surface area contributed by atoms with Crippen LogP contribution >= 0.6 is 11.8 Å². The molecule has 0 saturated carbocycles. The third-order valence-electron chi connectivity index (χ3n) is 5.47. The number of morpholine rings is 1. The molecule has 4 rings (SSSR count). The summed E-state index contributed by atoms with van der Waals surface area (Å²) in [7, 11) is -3.67. The van der Waals surface area contributed by atoms with E-state index in [1.807, 2.05) is 19.9 Å². The van der Waals surface area contributed by atoms with E-state index in [0.29, 0.717) is 35.7 Å². The molecule has 2 aromatic carbocycles. The molecule has 2 aliphatic heterocycles. The second-order valence-electron chi connectivity index (χ2n) is 7.93.